The Morgan fingerprint density at radius 1 is 0.500 bits per heavy atom. The Kier molecular flexibility index (Phi) is 5.70. The average molecular weight is 363 g/mol. The van der Waals surface area contributed by atoms with Crippen molar-refractivity contribution in [1.82, 2.24) is 0 Å². The molecule has 0 unspecified atom stereocenters. The van der Waals surface area contributed by atoms with E-state index in [1.807, 2.05) is 0 Å². The topological polar surface area (TPSA) is 0 Å². The summed E-state index contributed by atoms with van der Waals surface area (Å²) in [5.74, 6) is 0. The van der Waals surface area contributed by atoms with Crippen LogP contribution in [0.2, 0.25) is 39.3 Å². The van der Waals surface area contributed by atoms with Crippen LogP contribution in [0.4, 0.5) is 0 Å². The van der Waals surface area contributed by atoms with E-state index in [1.165, 1.54) is 20.9 Å². The van der Waals surface area contributed by atoms with Gasteiger partial charge in [-0.05, 0) is 35.4 Å². The molecule has 0 bridgehead atoms. The fourth-order valence-electron chi connectivity index (χ4n) is 2.14. The summed E-state index contributed by atoms with van der Waals surface area (Å²) < 4.78 is 0. The molecule has 0 aliphatic heterocycles. The van der Waals surface area contributed by atoms with Crippen LogP contribution in [-0.2, 0) is 0 Å². The fraction of sp³-hybridized carbons (Fsp3) is 0.333. The smallest absolute Gasteiger partial charge is 0.114 e. The Morgan fingerprint density at radius 2 is 0.773 bits per heavy atom. The van der Waals surface area contributed by atoms with Gasteiger partial charge in [0.25, 0.3) is 0 Å². The third-order valence-corrected chi connectivity index (χ3v) is 10.2. The van der Waals surface area contributed by atoms with E-state index >= 15 is 0 Å². The molecule has 0 spiro atoms. The minimum absolute atomic E-state index is 1.11. The second-order valence-electron chi connectivity index (χ2n) is 7.48. The zero-order valence-corrected chi connectivity index (χ0v) is 18.1. The lowest BCUT2D eigenvalue weighted by Crippen LogP contribution is -2.13. The molecule has 0 aliphatic rings. The van der Waals surface area contributed by atoms with E-state index in [9.17, 15) is 0 Å². The van der Waals surface area contributed by atoms with Crippen LogP contribution in [0.1, 0.15) is 0 Å². The lowest BCUT2D eigenvalue weighted by Gasteiger charge is -2.16. The molecule has 0 aliphatic carbocycles. The molecule has 4 heteroatoms. The zero-order valence-electron chi connectivity index (χ0n) is 14.4. The minimum atomic E-state index is -1.11. The molecule has 0 atom stereocenters. The molecule has 0 heterocycles. The van der Waals surface area contributed by atoms with Gasteiger partial charge >= 0.3 is 0 Å². The summed E-state index contributed by atoms with van der Waals surface area (Å²) in [6, 6.07) is 18.1. The molecule has 118 valence electrons. The van der Waals surface area contributed by atoms with Gasteiger partial charge in [-0.25, -0.2) is 0 Å². The lowest BCUT2D eigenvalue weighted by molar-refractivity contribution is 1.43. The van der Waals surface area contributed by atoms with Gasteiger partial charge in [-0.3, -0.25) is 0 Å². The number of benzene rings is 2. The molecule has 22 heavy (non-hydrogen) atoms. The second-order valence-corrected chi connectivity index (χ2v) is 25.9. The summed E-state index contributed by atoms with van der Waals surface area (Å²) in [7, 11) is -2.21. The van der Waals surface area contributed by atoms with E-state index in [4.69, 9.17) is 0 Å². The van der Waals surface area contributed by atoms with Crippen molar-refractivity contribution in [2.24, 2.45) is 0 Å². The molecule has 0 nitrogen and oxygen atoms in total. The van der Waals surface area contributed by atoms with Crippen LogP contribution in [0.3, 0.4) is 0 Å². The van der Waals surface area contributed by atoms with E-state index in [0.29, 0.717) is 0 Å². The zero-order chi connectivity index (χ0) is 16.4. The first-order valence-electron chi connectivity index (χ1n) is 7.71. The van der Waals surface area contributed by atoms with E-state index in [1.54, 1.807) is 0 Å². The van der Waals surface area contributed by atoms with Crippen molar-refractivity contribution < 1.29 is 0 Å². The molecule has 0 saturated carbocycles. The summed E-state index contributed by atoms with van der Waals surface area (Å²) in [6.07, 6.45) is 0. The molecule has 0 radical (unpaired) electrons. The van der Waals surface area contributed by atoms with Crippen molar-refractivity contribution >= 4 is 36.9 Å². The van der Waals surface area contributed by atoms with Gasteiger partial charge in [0.1, 0.15) is 14.4 Å². The first kappa shape index (κ1) is 17.9. The van der Waals surface area contributed by atoms with Crippen molar-refractivity contribution in [3.05, 3.63) is 48.5 Å². The monoisotopic (exact) mass is 362 g/mol. The summed E-state index contributed by atoms with van der Waals surface area (Å²) in [6.45, 7) is 14.3. The molecule has 2 rings (SSSR count). The quantitative estimate of drug-likeness (QED) is 0.515. The van der Waals surface area contributed by atoms with Crippen molar-refractivity contribution in [1.29, 1.82) is 0 Å². The van der Waals surface area contributed by atoms with Gasteiger partial charge in [0.05, 0.1) is 0 Å². The predicted octanol–water partition coefficient (Wildman–Crippen LogP) is 7.21. The molecule has 0 fully saturated rings. The Balaban J connectivity index is 2.12. The third-order valence-electron chi connectivity index (χ3n) is 2.89. The van der Waals surface area contributed by atoms with E-state index in [2.05, 4.69) is 110 Å². The molecular formula is C18H26S2Si2. The maximum absolute atomic E-state index is 2.39. The lowest BCUT2D eigenvalue weighted by atomic mass is 10.1. The SMILES string of the molecule is C[Si](C)(C)Sc1ccc(-c2ccc(S[Si](C)(C)C)cc2)cc1. The van der Waals surface area contributed by atoms with Crippen LogP contribution in [0, 0.1) is 0 Å². The molecule has 2 aromatic rings. The van der Waals surface area contributed by atoms with E-state index in [0.717, 1.165) is 0 Å². The predicted molar refractivity (Wildman–Crippen MR) is 110 cm³/mol. The Morgan fingerprint density at radius 3 is 1.00 bits per heavy atom. The molecule has 0 amide bonds. The van der Waals surface area contributed by atoms with Crippen LogP contribution < -0.4 is 0 Å². The third kappa shape index (κ3) is 5.99. The summed E-state index contributed by atoms with van der Waals surface area (Å²) in [5.41, 5.74) is 2.62. The number of hydrogen-bond donors (Lipinski definition) is 0. The van der Waals surface area contributed by atoms with Gasteiger partial charge in [-0.2, -0.15) is 22.4 Å². The summed E-state index contributed by atoms with van der Waals surface area (Å²) in [4.78, 5) is 2.79. The highest BCUT2D eigenvalue weighted by Crippen LogP contribution is 2.33. The molecule has 0 aromatic heterocycles. The van der Waals surface area contributed by atoms with Gasteiger partial charge in [0.15, 0.2) is 0 Å². The molecule has 0 saturated heterocycles. The van der Waals surface area contributed by atoms with Crippen molar-refractivity contribution in [2.45, 2.75) is 49.1 Å². The Bertz CT molecular complexity index is 548. The highest BCUT2D eigenvalue weighted by atomic mass is 32.4. The van der Waals surface area contributed by atoms with Gasteiger partial charge < -0.3 is 0 Å². The van der Waals surface area contributed by atoms with Gasteiger partial charge in [0.2, 0.25) is 0 Å². The largest absolute Gasteiger partial charge is 0.152 e. The minimum Gasteiger partial charge on any atom is -0.152 e. The van der Waals surface area contributed by atoms with Crippen LogP contribution in [-0.4, -0.2) is 14.4 Å². The average Bonchev–Trinajstić information content (AvgIpc) is 2.37. The normalized spacial score (nSPS) is 12.5. The summed E-state index contributed by atoms with van der Waals surface area (Å²) >= 11 is 4.11. The van der Waals surface area contributed by atoms with Gasteiger partial charge in [0, 0.05) is 9.79 Å². The molecular weight excluding hydrogens is 337 g/mol. The number of hydrogen-bond acceptors (Lipinski definition) is 2. The standard InChI is InChI=1S/C18H26S2Si2/c1-21(2,3)19-17-11-7-15(8-12-17)16-9-13-18(14-10-16)20-22(4,5)6/h7-14H,1-6H3. The van der Waals surface area contributed by atoms with Crippen LogP contribution in [0.5, 0.6) is 0 Å². The van der Waals surface area contributed by atoms with Crippen LogP contribution >= 0.6 is 22.4 Å². The maximum Gasteiger partial charge on any atom is 0.114 e. The van der Waals surface area contributed by atoms with Crippen molar-refractivity contribution in [3.8, 4) is 11.1 Å². The molecule has 0 N–H and O–H groups in total. The maximum atomic E-state index is 2.39. The Hall–Kier alpha value is -0.426. The van der Waals surface area contributed by atoms with Crippen LogP contribution in [0.15, 0.2) is 58.3 Å². The van der Waals surface area contributed by atoms with Gasteiger partial charge in [-0.15, -0.1) is 0 Å². The van der Waals surface area contributed by atoms with Crippen molar-refractivity contribution in [2.75, 3.05) is 0 Å². The van der Waals surface area contributed by atoms with Gasteiger partial charge in [-0.1, -0.05) is 63.5 Å². The fourth-order valence-corrected chi connectivity index (χ4v) is 9.16. The van der Waals surface area contributed by atoms with Crippen LogP contribution in [0.25, 0.3) is 11.1 Å². The first-order valence-corrected chi connectivity index (χ1v) is 17.8. The number of rotatable bonds is 5. The Labute approximate surface area is 145 Å². The molecule has 2 aromatic carbocycles. The second kappa shape index (κ2) is 6.99. The highest BCUT2D eigenvalue weighted by Gasteiger charge is 2.15. The first-order chi connectivity index (χ1) is 10.1. The van der Waals surface area contributed by atoms with E-state index < -0.39 is 14.4 Å². The summed E-state index contributed by atoms with van der Waals surface area (Å²) in [5, 5.41) is 0. The van der Waals surface area contributed by atoms with E-state index in [-0.39, 0.29) is 0 Å². The van der Waals surface area contributed by atoms with Crippen molar-refractivity contribution in [3.63, 3.8) is 0 Å². The highest BCUT2D eigenvalue weighted by molar-refractivity contribution is 8.29.